The predicted molar refractivity (Wildman–Crippen MR) is 91.2 cm³/mol. The molecular formula is C18H26N2O4. The van der Waals surface area contributed by atoms with Gasteiger partial charge >= 0.3 is 0 Å². The molecule has 1 heterocycles. The molecule has 0 unspecified atom stereocenters. The van der Waals surface area contributed by atoms with Crippen LogP contribution < -0.4 is 4.74 Å². The van der Waals surface area contributed by atoms with E-state index in [4.69, 9.17) is 9.47 Å². The van der Waals surface area contributed by atoms with Crippen LogP contribution in [0.4, 0.5) is 0 Å². The van der Waals surface area contributed by atoms with Gasteiger partial charge in [0.05, 0.1) is 12.2 Å². The fraction of sp³-hybridized carbons (Fsp3) is 0.556. The van der Waals surface area contributed by atoms with Gasteiger partial charge in [0.2, 0.25) is 5.91 Å². The molecule has 24 heavy (non-hydrogen) atoms. The fourth-order valence-corrected chi connectivity index (χ4v) is 2.83. The molecule has 132 valence electrons. The molecule has 1 aromatic rings. The number of para-hydroxylation sites is 1. The molecule has 0 bridgehead atoms. The third kappa shape index (κ3) is 4.06. The van der Waals surface area contributed by atoms with E-state index >= 15 is 0 Å². The van der Waals surface area contributed by atoms with Crippen molar-refractivity contribution in [2.75, 3.05) is 40.0 Å². The first-order chi connectivity index (χ1) is 11.6. The zero-order valence-corrected chi connectivity index (χ0v) is 14.7. The summed E-state index contributed by atoms with van der Waals surface area (Å²) in [4.78, 5) is 28.6. The Morgan fingerprint density at radius 1 is 1.21 bits per heavy atom. The fourth-order valence-electron chi connectivity index (χ4n) is 2.83. The monoisotopic (exact) mass is 334 g/mol. The van der Waals surface area contributed by atoms with Crippen LogP contribution >= 0.6 is 0 Å². The van der Waals surface area contributed by atoms with Crippen LogP contribution in [0.15, 0.2) is 24.3 Å². The summed E-state index contributed by atoms with van der Waals surface area (Å²) >= 11 is 0. The molecule has 2 amide bonds. The minimum absolute atomic E-state index is 0.00755. The lowest BCUT2D eigenvalue weighted by atomic mass is 10.1. The number of nitrogens with zero attached hydrogens (tertiary/aromatic N) is 2. The number of amides is 2. The summed E-state index contributed by atoms with van der Waals surface area (Å²) in [7, 11) is 1.78. The van der Waals surface area contributed by atoms with Gasteiger partial charge in [0.1, 0.15) is 18.4 Å². The Morgan fingerprint density at radius 2 is 1.96 bits per heavy atom. The highest BCUT2D eigenvalue weighted by atomic mass is 16.5. The number of carbonyl (C=O) groups is 2. The molecule has 0 aromatic heterocycles. The number of likely N-dealkylation sites (N-methyl/N-ethyl adjacent to an activating group) is 1. The Labute approximate surface area is 143 Å². The molecule has 0 radical (unpaired) electrons. The van der Waals surface area contributed by atoms with Gasteiger partial charge in [0, 0.05) is 26.7 Å². The molecule has 1 atom stereocenters. The summed E-state index contributed by atoms with van der Waals surface area (Å²) in [5.74, 6) is 0.366. The maximum atomic E-state index is 13.0. The predicted octanol–water partition coefficient (Wildman–Crippen LogP) is 1.79. The lowest BCUT2D eigenvalue weighted by Gasteiger charge is -2.39. The molecule has 0 spiro atoms. The van der Waals surface area contributed by atoms with Crippen LogP contribution in [0.5, 0.6) is 5.75 Å². The summed E-state index contributed by atoms with van der Waals surface area (Å²) in [6.45, 7) is 6.42. The number of hydrogen-bond acceptors (Lipinski definition) is 4. The highest BCUT2D eigenvalue weighted by Gasteiger charge is 2.35. The summed E-state index contributed by atoms with van der Waals surface area (Å²) < 4.78 is 11.0. The molecule has 1 saturated heterocycles. The van der Waals surface area contributed by atoms with Crippen molar-refractivity contribution in [3.63, 3.8) is 0 Å². The molecule has 2 rings (SSSR count). The van der Waals surface area contributed by atoms with Gasteiger partial charge in [0.25, 0.3) is 5.91 Å². The number of benzene rings is 1. The lowest BCUT2D eigenvalue weighted by Crippen LogP contribution is -2.57. The van der Waals surface area contributed by atoms with Crippen LogP contribution in [0.1, 0.15) is 30.6 Å². The minimum Gasteiger partial charge on any atom is -0.490 e. The number of piperazine rings is 1. The molecule has 0 aliphatic carbocycles. The Bertz CT molecular complexity index is 576. The SMILES string of the molecule is CCOCCOc1ccccc1C(=O)N1CCN(C)C(=O)[C@H]1CC. The van der Waals surface area contributed by atoms with Crippen molar-refractivity contribution in [2.24, 2.45) is 0 Å². The summed E-state index contributed by atoms with van der Waals surface area (Å²) in [5, 5.41) is 0. The van der Waals surface area contributed by atoms with Gasteiger partial charge in [-0.05, 0) is 25.5 Å². The average molecular weight is 334 g/mol. The second kappa shape index (κ2) is 8.68. The zero-order chi connectivity index (χ0) is 17.5. The standard InChI is InChI=1S/C18H26N2O4/c1-4-15-18(22)19(3)10-11-20(15)17(21)14-8-6-7-9-16(14)24-13-12-23-5-2/h6-9,15H,4-5,10-13H2,1-3H3/t15-/m1/s1. The Kier molecular flexibility index (Phi) is 6.61. The average Bonchev–Trinajstić information content (AvgIpc) is 2.60. The van der Waals surface area contributed by atoms with Crippen molar-refractivity contribution in [2.45, 2.75) is 26.3 Å². The number of ether oxygens (including phenoxy) is 2. The molecule has 1 aliphatic heterocycles. The van der Waals surface area contributed by atoms with E-state index in [1.165, 1.54) is 0 Å². The van der Waals surface area contributed by atoms with E-state index < -0.39 is 6.04 Å². The molecule has 6 heteroatoms. The van der Waals surface area contributed by atoms with Crippen molar-refractivity contribution in [1.82, 2.24) is 9.80 Å². The second-order valence-corrected chi connectivity index (χ2v) is 5.72. The lowest BCUT2D eigenvalue weighted by molar-refractivity contribution is -0.138. The van der Waals surface area contributed by atoms with Gasteiger partial charge in [-0.3, -0.25) is 9.59 Å². The molecular weight excluding hydrogens is 308 g/mol. The Balaban J connectivity index is 2.15. The summed E-state index contributed by atoms with van der Waals surface area (Å²) in [5.41, 5.74) is 0.491. The summed E-state index contributed by atoms with van der Waals surface area (Å²) in [6.07, 6.45) is 0.599. The van der Waals surface area contributed by atoms with Gasteiger partial charge in [-0.1, -0.05) is 19.1 Å². The van der Waals surface area contributed by atoms with E-state index in [0.29, 0.717) is 50.6 Å². The van der Waals surface area contributed by atoms with E-state index in [-0.39, 0.29) is 11.8 Å². The van der Waals surface area contributed by atoms with Crippen molar-refractivity contribution in [3.8, 4) is 5.75 Å². The number of hydrogen-bond donors (Lipinski definition) is 0. The zero-order valence-electron chi connectivity index (χ0n) is 14.7. The first kappa shape index (κ1) is 18.3. The van der Waals surface area contributed by atoms with Crippen LogP contribution in [0.2, 0.25) is 0 Å². The van der Waals surface area contributed by atoms with Crippen LogP contribution in [0.25, 0.3) is 0 Å². The topological polar surface area (TPSA) is 59.1 Å². The molecule has 6 nitrogen and oxygen atoms in total. The quantitative estimate of drug-likeness (QED) is 0.714. The van der Waals surface area contributed by atoms with Crippen molar-refractivity contribution in [1.29, 1.82) is 0 Å². The first-order valence-electron chi connectivity index (χ1n) is 8.45. The highest BCUT2D eigenvalue weighted by Crippen LogP contribution is 2.23. The smallest absolute Gasteiger partial charge is 0.258 e. The van der Waals surface area contributed by atoms with E-state index in [0.717, 1.165) is 0 Å². The molecule has 0 saturated carbocycles. The maximum Gasteiger partial charge on any atom is 0.258 e. The number of carbonyl (C=O) groups excluding carboxylic acids is 2. The highest BCUT2D eigenvalue weighted by molar-refractivity contribution is 6.00. The molecule has 1 aromatic carbocycles. The van der Waals surface area contributed by atoms with Gasteiger partial charge in [0.15, 0.2) is 0 Å². The third-order valence-electron chi connectivity index (χ3n) is 4.17. The first-order valence-corrected chi connectivity index (χ1v) is 8.45. The largest absolute Gasteiger partial charge is 0.490 e. The van der Waals surface area contributed by atoms with Gasteiger partial charge < -0.3 is 19.3 Å². The Hall–Kier alpha value is -2.08. The van der Waals surface area contributed by atoms with E-state index in [1.807, 2.05) is 26.0 Å². The minimum atomic E-state index is -0.410. The van der Waals surface area contributed by atoms with Crippen molar-refractivity contribution in [3.05, 3.63) is 29.8 Å². The number of rotatable bonds is 7. The second-order valence-electron chi connectivity index (χ2n) is 5.72. The van der Waals surface area contributed by atoms with Gasteiger partial charge in [-0.15, -0.1) is 0 Å². The van der Waals surface area contributed by atoms with Crippen molar-refractivity contribution >= 4 is 11.8 Å². The van der Waals surface area contributed by atoms with E-state index in [1.54, 1.807) is 29.0 Å². The summed E-state index contributed by atoms with van der Waals surface area (Å²) in [6, 6.07) is 6.75. The normalized spacial score (nSPS) is 18.0. The molecule has 0 N–H and O–H groups in total. The van der Waals surface area contributed by atoms with Gasteiger partial charge in [-0.25, -0.2) is 0 Å². The molecule has 1 aliphatic rings. The van der Waals surface area contributed by atoms with Gasteiger partial charge in [-0.2, -0.15) is 0 Å². The van der Waals surface area contributed by atoms with Crippen LogP contribution in [0.3, 0.4) is 0 Å². The molecule has 1 fully saturated rings. The van der Waals surface area contributed by atoms with E-state index in [2.05, 4.69) is 0 Å². The van der Waals surface area contributed by atoms with Crippen molar-refractivity contribution < 1.29 is 19.1 Å². The van der Waals surface area contributed by atoms with E-state index in [9.17, 15) is 9.59 Å². The maximum absolute atomic E-state index is 13.0. The Morgan fingerprint density at radius 3 is 2.67 bits per heavy atom. The van der Waals surface area contributed by atoms with Crippen LogP contribution in [-0.4, -0.2) is 67.6 Å². The van der Waals surface area contributed by atoms with Crippen LogP contribution in [0, 0.1) is 0 Å². The van der Waals surface area contributed by atoms with Crippen LogP contribution in [-0.2, 0) is 9.53 Å². The third-order valence-corrected chi connectivity index (χ3v) is 4.17.